The smallest absolute Gasteiger partial charge is 0.335 e. The average Bonchev–Trinajstić information content (AvgIpc) is 2.29. The zero-order chi connectivity index (χ0) is 12.3. The molecule has 5 nitrogen and oxygen atoms in total. The third-order valence-electron chi connectivity index (χ3n) is 2.06. The average molecular weight is 230 g/mol. The topological polar surface area (TPSA) is 72.3 Å². The molecule has 0 aliphatic heterocycles. The maximum absolute atomic E-state index is 10.7. The van der Waals surface area contributed by atoms with E-state index in [0.717, 1.165) is 5.69 Å². The third-order valence-corrected chi connectivity index (χ3v) is 2.06. The Balaban J connectivity index is 2.16. The van der Waals surface area contributed by atoms with E-state index in [1.54, 1.807) is 18.3 Å². The van der Waals surface area contributed by atoms with Gasteiger partial charge in [0.05, 0.1) is 17.5 Å². The van der Waals surface area contributed by atoms with Crippen LogP contribution in [0.5, 0.6) is 11.6 Å². The maximum Gasteiger partial charge on any atom is 0.335 e. The van der Waals surface area contributed by atoms with Crippen molar-refractivity contribution < 1.29 is 14.6 Å². The number of aromatic nitrogens is 2. The molecule has 0 aliphatic carbocycles. The number of hydrogen-bond acceptors (Lipinski definition) is 4. The fourth-order valence-electron chi connectivity index (χ4n) is 1.28. The molecule has 0 amide bonds. The lowest BCUT2D eigenvalue weighted by Crippen LogP contribution is -1.96. The van der Waals surface area contributed by atoms with E-state index in [2.05, 4.69) is 9.97 Å². The van der Waals surface area contributed by atoms with Gasteiger partial charge in [0.15, 0.2) is 0 Å². The number of rotatable bonds is 3. The molecule has 86 valence electrons. The fraction of sp³-hybridized carbons (Fsp3) is 0.0833. The Hall–Kier alpha value is -2.43. The zero-order valence-corrected chi connectivity index (χ0v) is 9.12. The normalized spacial score (nSPS) is 9.94. The summed E-state index contributed by atoms with van der Waals surface area (Å²) in [4.78, 5) is 18.7. The van der Waals surface area contributed by atoms with E-state index in [1.165, 1.54) is 18.3 Å². The molecule has 5 heteroatoms. The second-order valence-corrected chi connectivity index (χ2v) is 3.43. The van der Waals surface area contributed by atoms with Crippen LogP contribution in [0.15, 0.2) is 36.7 Å². The molecule has 17 heavy (non-hydrogen) atoms. The predicted octanol–water partition coefficient (Wildman–Crippen LogP) is 2.28. The summed E-state index contributed by atoms with van der Waals surface area (Å²) < 4.78 is 5.43. The zero-order valence-electron chi connectivity index (χ0n) is 9.12. The van der Waals surface area contributed by atoms with Gasteiger partial charge in [0, 0.05) is 6.20 Å². The molecule has 0 saturated carbocycles. The molecule has 0 bridgehead atoms. The molecule has 0 fully saturated rings. The van der Waals surface area contributed by atoms with Gasteiger partial charge in [-0.05, 0) is 31.2 Å². The van der Waals surface area contributed by atoms with Gasteiger partial charge in [0.2, 0.25) is 5.88 Å². The van der Waals surface area contributed by atoms with E-state index >= 15 is 0 Å². The molecule has 1 aromatic carbocycles. The summed E-state index contributed by atoms with van der Waals surface area (Å²) in [5.41, 5.74) is 0.970. The highest BCUT2D eigenvalue weighted by atomic mass is 16.5. The fourth-order valence-corrected chi connectivity index (χ4v) is 1.28. The number of nitrogens with zero attached hydrogens (tertiary/aromatic N) is 2. The maximum atomic E-state index is 10.7. The summed E-state index contributed by atoms with van der Waals surface area (Å²) in [6, 6.07) is 6.10. The lowest BCUT2D eigenvalue weighted by atomic mass is 10.2. The van der Waals surface area contributed by atoms with Crippen molar-refractivity contribution in [3.63, 3.8) is 0 Å². The number of hydrogen-bond donors (Lipinski definition) is 1. The second-order valence-electron chi connectivity index (χ2n) is 3.43. The molecule has 0 radical (unpaired) electrons. The van der Waals surface area contributed by atoms with E-state index in [0.29, 0.717) is 11.6 Å². The van der Waals surface area contributed by atoms with Crippen molar-refractivity contribution in [2.75, 3.05) is 0 Å². The molecule has 2 aromatic rings. The molecule has 1 aromatic heterocycles. The van der Waals surface area contributed by atoms with Gasteiger partial charge >= 0.3 is 5.97 Å². The number of carboxylic acid groups (broad SMARTS) is 1. The minimum absolute atomic E-state index is 0.215. The summed E-state index contributed by atoms with van der Waals surface area (Å²) in [7, 11) is 0. The first-order valence-corrected chi connectivity index (χ1v) is 4.95. The van der Waals surface area contributed by atoms with Crippen LogP contribution in [0.2, 0.25) is 0 Å². The van der Waals surface area contributed by atoms with Crippen LogP contribution < -0.4 is 4.74 Å². The highest BCUT2D eigenvalue weighted by Crippen LogP contribution is 2.19. The standard InChI is InChI=1S/C12H10N2O3/c1-8-6-13-7-11(14-8)17-10-4-2-9(3-5-10)12(15)16/h2-7H,1H3,(H,15,16). The molecule has 0 saturated heterocycles. The van der Waals surface area contributed by atoms with Crippen LogP contribution in [-0.2, 0) is 0 Å². The van der Waals surface area contributed by atoms with E-state index in [1.807, 2.05) is 6.92 Å². The Labute approximate surface area is 97.7 Å². The quantitative estimate of drug-likeness (QED) is 0.875. The van der Waals surface area contributed by atoms with Crippen molar-refractivity contribution in [1.29, 1.82) is 0 Å². The molecule has 0 unspecified atom stereocenters. The first-order valence-electron chi connectivity index (χ1n) is 4.95. The van der Waals surface area contributed by atoms with Gasteiger partial charge in [0.25, 0.3) is 0 Å². The first kappa shape index (κ1) is 11.1. The van der Waals surface area contributed by atoms with Crippen LogP contribution in [0, 0.1) is 6.92 Å². The van der Waals surface area contributed by atoms with Gasteiger partial charge in [-0.15, -0.1) is 0 Å². The van der Waals surface area contributed by atoms with Crippen molar-refractivity contribution in [3.8, 4) is 11.6 Å². The molecule has 0 atom stereocenters. The molecule has 1 heterocycles. The summed E-state index contributed by atoms with van der Waals surface area (Å²) >= 11 is 0. The Morgan fingerprint density at radius 3 is 2.53 bits per heavy atom. The lowest BCUT2D eigenvalue weighted by molar-refractivity contribution is 0.0697. The van der Waals surface area contributed by atoms with Crippen LogP contribution >= 0.6 is 0 Å². The van der Waals surface area contributed by atoms with E-state index in [-0.39, 0.29) is 5.56 Å². The Bertz CT molecular complexity index is 538. The Morgan fingerprint density at radius 1 is 1.24 bits per heavy atom. The highest BCUT2D eigenvalue weighted by Gasteiger charge is 2.03. The first-order chi connectivity index (χ1) is 8.15. The monoisotopic (exact) mass is 230 g/mol. The van der Waals surface area contributed by atoms with E-state index in [4.69, 9.17) is 9.84 Å². The Morgan fingerprint density at radius 2 is 1.94 bits per heavy atom. The van der Waals surface area contributed by atoms with Crippen LogP contribution in [-0.4, -0.2) is 21.0 Å². The van der Waals surface area contributed by atoms with Gasteiger partial charge in [-0.25, -0.2) is 9.78 Å². The van der Waals surface area contributed by atoms with Crippen LogP contribution in [0.3, 0.4) is 0 Å². The molecule has 2 rings (SSSR count). The number of aromatic carboxylic acids is 1. The van der Waals surface area contributed by atoms with Crippen molar-refractivity contribution in [3.05, 3.63) is 47.9 Å². The largest absolute Gasteiger partial charge is 0.478 e. The van der Waals surface area contributed by atoms with Gasteiger partial charge < -0.3 is 9.84 Å². The minimum atomic E-state index is -0.966. The highest BCUT2D eigenvalue weighted by molar-refractivity contribution is 5.87. The van der Waals surface area contributed by atoms with E-state index < -0.39 is 5.97 Å². The second kappa shape index (κ2) is 4.61. The molecule has 1 N–H and O–H groups in total. The van der Waals surface area contributed by atoms with Crippen molar-refractivity contribution in [2.24, 2.45) is 0 Å². The number of carboxylic acids is 1. The SMILES string of the molecule is Cc1cncc(Oc2ccc(C(=O)O)cc2)n1. The summed E-state index contributed by atoms with van der Waals surface area (Å²) in [5.74, 6) is -0.0603. The summed E-state index contributed by atoms with van der Waals surface area (Å²) in [6.07, 6.45) is 3.12. The van der Waals surface area contributed by atoms with Crippen LogP contribution in [0.1, 0.15) is 16.1 Å². The van der Waals surface area contributed by atoms with Gasteiger partial charge in [0.1, 0.15) is 5.75 Å². The van der Waals surface area contributed by atoms with Gasteiger partial charge in [-0.1, -0.05) is 0 Å². The molecular formula is C12H10N2O3. The molecule has 0 aliphatic rings. The minimum Gasteiger partial charge on any atom is -0.478 e. The van der Waals surface area contributed by atoms with Crippen molar-refractivity contribution in [1.82, 2.24) is 9.97 Å². The Kier molecular flexibility index (Phi) is 3.00. The van der Waals surface area contributed by atoms with Crippen molar-refractivity contribution in [2.45, 2.75) is 6.92 Å². The summed E-state index contributed by atoms with van der Waals surface area (Å²) in [5, 5.41) is 8.74. The van der Waals surface area contributed by atoms with Gasteiger partial charge in [-0.3, -0.25) is 4.98 Å². The number of ether oxygens (including phenoxy) is 1. The molecular weight excluding hydrogens is 220 g/mol. The number of benzene rings is 1. The van der Waals surface area contributed by atoms with Crippen LogP contribution in [0.25, 0.3) is 0 Å². The van der Waals surface area contributed by atoms with Crippen LogP contribution in [0.4, 0.5) is 0 Å². The predicted molar refractivity (Wildman–Crippen MR) is 60.2 cm³/mol. The summed E-state index contributed by atoms with van der Waals surface area (Å²) in [6.45, 7) is 1.81. The number of aryl methyl sites for hydroxylation is 1. The van der Waals surface area contributed by atoms with Gasteiger partial charge in [-0.2, -0.15) is 0 Å². The number of carbonyl (C=O) groups is 1. The lowest BCUT2D eigenvalue weighted by Gasteiger charge is -2.04. The van der Waals surface area contributed by atoms with E-state index in [9.17, 15) is 4.79 Å². The van der Waals surface area contributed by atoms with Crippen molar-refractivity contribution >= 4 is 5.97 Å². The third kappa shape index (κ3) is 2.78. The molecule has 0 spiro atoms.